The van der Waals surface area contributed by atoms with Gasteiger partial charge in [-0.25, -0.2) is 9.67 Å². The highest BCUT2D eigenvalue weighted by molar-refractivity contribution is 5.82. The van der Waals surface area contributed by atoms with Gasteiger partial charge in [-0.2, -0.15) is 5.10 Å². The number of nitrogens with zero attached hydrogens (tertiary/aromatic N) is 3. The number of Topliss-reactive ketones (excluding diaryl/α,β-unsaturated/α-hetero) is 1. The molecule has 1 aromatic heterocycles. The number of ketones is 1. The fraction of sp³-hybridized carbons (Fsp3) is 0.750. The van der Waals surface area contributed by atoms with Gasteiger partial charge in [-0.1, -0.05) is 13.8 Å². The Kier molecular flexibility index (Phi) is 3.89. The average Bonchev–Trinajstić information content (AvgIpc) is 2.64. The summed E-state index contributed by atoms with van der Waals surface area (Å²) in [6.07, 6.45) is 2.96. The molecule has 1 fully saturated rings. The lowest BCUT2D eigenvalue weighted by Gasteiger charge is -2.31. The smallest absolute Gasteiger partial charge is 0.143 e. The minimum Gasteiger partial charge on any atom is -0.316 e. The molecule has 1 unspecified atom stereocenters. The van der Waals surface area contributed by atoms with Crippen molar-refractivity contribution < 1.29 is 4.79 Å². The van der Waals surface area contributed by atoms with Crippen LogP contribution in [0.15, 0.2) is 6.33 Å². The van der Waals surface area contributed by atoms with Crippen LogP contribution in [-0.2, 0) is 17.8 Å². The number of nitrogens with one attached hydrogen (secondary N) is 1. The second-order valence-corrected chi connectivity index (χ2v) is 4.75. The van der Waals surface area contributed by atoms with Gasteiger partial charge in [0.15, 0.2) is 0 Å². The van der Waals surface area contributed by atoms with E-state index < -0.39 is 0 Å². The van der Waals surface area contributed by atoms with Gasteiger partial charge in [0.1, 0.15) is 17.9 Å². The van der Waals surface area contributed by atoms with Crippen molar-refractivity contribution in [3.63, 3.8) is 0 Å². The fourth-order valence-electron chi connectivity index (χ4n) is 2.07. The van der Waals surface area contributed by atoms with E-state index in [1.807, 2.05) is 11.6 Å². The van der Waals surface area contributed by atoms with E-state index in [9.17, 15) is 4.79 Å². The molecule has 94 valence electrons. The summed E-state index contributed by atoms with van der Waals surface area (Å²) in [4.78, 5) is 16.3. The highest BCUT2D eigenvalue weighted by atomic mass is 16.1. The van der Waals surface area contributed by atoms with Gasteiger partial charge < -0.3 is 5.32 Å². The zero-order valence-corrected chi connectivity index (χ0v) is 10.5. The van der Waals surface area contributed by atoms with Crippen LogP contribution in [0.5, 0.6) is 0 Å². The lowest BCUT2D eigenvalue weighted by atomic mass is 9.85. The van der Waals surface area contributed by atoms with Gasteiger partial charge in [0.25, 0.3) is 0 Å². The molecule has 1 N–H and O–H groups in total. The Bertz CT molecular complexity index is 384. The molecular formula is C12H20N4O. The van der Waals surface area contributed by atoms with Gasteiger partial charge in [-0.3, -0.25) is 4.79 Å². The van der Waals surface area contributed by atoms with Crippen LogP contribution in [0.3, 0.4) is 0 Å². The third kappa shape index (κ3) is 2.72. The van der Waals surface area contributed by atoms with E-state index in [-0.39, 0.29) is 11.7 Å². The number of hydrogen-bond donors (Lipinski definition) is 1. The maximum atomic E-state index is 12.1. The number of aryl methyl sites for hydroxylation is 1. The van der Waals surface area contributed by atoms with Gasteiger partial charge in [0.2, 0.25) is 0 Å². The first-order valence-corrected chi connectivity index (χ1v) is 6.32. The Morgan fingerprint density at radius 1 is 1.65 bits per heavy atom. The molecular weight excluding hydrogens is 216 g/mol. The SMILES string of the molecule is CCCn1ncnc1CC(=O)C(C)C1CNC1. The first kappa shape index (κ1) is 12.2. The molecule has 1 aliphatic heterocycles. The number of rotatable bonds is 6. The summed E-state index contributed by atoms with van der Waals surface area (Å²) in [5.41, 5.74) is 0. The largest absolute Gasteiger partial charge is 0.316 e. The van der Waals surface area contributed by atoms with Crippen LogP contribution in [0.4, 0.5) is 0 Å². The Balaban J connectivity index is 1.94. The Hall–Kier alpha value is -1.23. The Morgan fingerprint density at radius 3 is 3.00 bits per heavy atom. The summed E-state index contributed by atoms with van der Waals surface area (Å²) in [7, 11) is 0. The summed E-state index contributed by atoms with van der Waals surface area (Å²) in [5, 5.41) is 7.34. The van der Waals surface area contributed by atoms with E-state index in [0.717, 1.165) is 31.9 Å². The normalized spacial score (nSPS) is 17.8. The van der Waals surface area contributed by atoms with Gasteiger partial charge in [-0.05, 0) is 25.4 Å². The summed E-state index contributed by atoms with van der Waals surface area (Å²) in [5.74, 6) is 1.71. The second kappa shape index (κ2) is 5.40. The lowest BCUT2D eigenvalue weighted by molar-refractivity contribution is -0.124. The highest BCUT2D eigenvalue weighted by Crippen LogP contribution is 2.18. The molecule has 0 saturated carbocycles. The average molecular weight is 236 g/mol. The summed E-state index contributed by atoms with van der Waals surface area (Å²) in [6, 6.07) is 0. The summed E-state index contributed by atoms with van der Waals surface area (Å²) in [6.45, 7) is 6.88. The second-order valence-electron chi connectivity index (χ2n) is 4.75. The number of carbonyl (C=O) groups excluding carboxylic acids is 1. The molecule has 0 bridgehead atoms. The molecule has 2 rings (SSSR count). The van der Waals surface area contributed by atoms with Crippen molar-refractivity contribution in [2.45, 2.75) is 33.2 Å². The van der Waals surface area contributed by atoms with Gasteiger partial charge in [-0.15, -0.1) is 0 Å². The van der Waals surface area contributed by atoms with Crippen molar-refractivity contribution in [2.24, 2.45) is 11.8 Å². The zero-order chi connectivity index (χ0) is 12.3. The summed E-state index contributed by atoms with van der Waals surface area (Å²) < 4.78 is 1.84. The number of hydrogen-bond acceptors (Lipinski definition) is 4. The van der Waals surface area contributed by atoms with Crippen LogP contribution < -0.4 is 5.32 Å². The molecule has 0 aromatic carbocycles. The molecule has 1 aliphatic rings. The van der Waals surface area contributed by atoms with Crippen LogP contribution in [0.25, 0.3) is 0 Å². The van der Waals surface area contributed by atoms with Crippen molar-refractivity contribution >= 4 is 5.78 Å². The summed E-state index contributed by atoms with van der Waals surface area (Å²) >= 11 is 0. The minimum absolute atomic E-state index is 0.128. The van der Waals surface area contributed by atoms with Crippen molar-refractivity contribution in [1.82, 2.24) is 20.1 Å². The van der Waals surface area contributed by atoms with Crippen molar-refractivity contribution in [1.29, 1.82) is 0 Å². The van der Waals surface area contributed by atoms with E-state index in [0.29, 0.717) is 12.3 Å². The van der Waals surface area contributed by atoms with E-state index in [2.05, 4.69) is 22.3 Å². The Labute approximate surface area is 102 Å². The standard InChI is InChI=1S/C12H20N4O/c1-3-4-16-12(14-8-15-16)5-11(17)9(2)10-6-13-7-10/h8-10,13H,3-7H2,1-2H3. The van der Waals surface area contributed by atoms with E-state index in [4.69, 9.17) is 0 Å². The van der Waals surface area contributed by atoms with Crippen LogP contribution in [-0.4, -0.2) is 33.6 Å². The minimum atomic E-state index is 0.128. The van der Waals surface area contributed by atoms with Crippen LogP contribution in [0, 0.1) is 11.8 Å². The van der Waals surface area contributed by atoms with Crippen LogP contribution in [0.1, 0.15) is 26.1 Å². The predicted molar refractivity (Wildman–Crippen MR) is 64.5 cm³/mol. The molecule has 0 spiro atoms. The molecule has 0 radical (unpaired) electrons. The number of aromatic nitrogens is 3. The first-order valence-electron chi connectivity index (χ1n) is 6.32. The number of carbonyl (C=O) groups is 1. The van der Waals surface area contributed by atoms with Gasteiger partial charge in [0.05, 0.1) is 6.42 Å². The molecule has 5 nitrogen and oxygen atoms in total. The van der Waals surface area contributed by atoms with Crippen molar-refractivity contribution in [2.75, 3.05) is 13.1 Å². The van der Waals surface area contributed by atoms with E-state index >= 15 is 0 Å². The van der Waals surface area contributed by atoms with Crippen LogP contribution in [0.2, 0.25) is 0 Å². The molecule has 0 aliphatic carbocycles. The third-order valence-corrected chi connectivity index (χ3v) is 3.49. The Morgan fingerprint density at radius 2 is 2.41 bits per heavy atom. The maximum absolute atomic E-state index is 12.1. The predicted octanol–water partition coefficient (Wildman–Crippen LogP) is 0.655. The molecule has 1 saturated heterocycles. The van der Waals surface area contributed by atoms with Crippen molar-refractivity contribution in [3.05, 3.63) is 12.2 Å². The molecule has 5 heteroatoms. The van der Waals surface area contributed by atoms with Crippen LogP contribution >= 0.6 is 0 Å². The van der Waals surface area contributed by atoms with Crippen molar-refractivity contribution in [3.8, 4) is 0 Å². The van der Waals surface area contributed by atoms with Gasteiger partial charge >= 0.3 is 0 Å². The molecule has 17 heavy (non-hydrogen) atoms. The molecule has 2 heterocycles. The highest BCUT2D eigenvalue weighted by Gasteiger charge is 2.29. The molecule has 0 amide bonds. The maximum Gasteiger partial charge on any atom is 0.143 e. The zero-order valence-electron chi connectivity index (χ0n) is 10.5. The monoisotopic (exact) mass is 236 g/mol. The topological polar surface area (TPSA) is 59.8 Å². The van der Waals surface area contributed by atoms with Gasteiger partial charge in [0, 0.05) is 12.5 Å². The van der Waals surface area contributed by atoms with E-state index in [1.165, 1.54) is 6.33 Å². The fourth-order valence-corrected chi connectivity index (χ4v) is 2.07. The molecule has 1 atom stereocenters. The molecule has 1 aromatic rings. The lowest BCUT2D eigenvalue weighted by Crippen LogP contribution is -2.47. The van der Waals surface area contributed by atoms with E-state index in [1.54, 1.807) is 0 Å². The quantitative estimate of drug-likeness (QED) is 0.788. The first-order chi connectivity index (χ1) is 8.22. The third-order valence-electron chi connectivity index (χ3n) is 3.49.